The van der Waals surface area contributed by atoms with Crippen molar-refractivity contribution in [3.63, 3.8) is 0 Å². The van der Waals surface area contributed by atoms with Gasteiger partial charge in [0, 0.05) is 12.1 Å². The van der Waals surface area contributed by atoms with E-state index in [9.17, 15) is 10.1 Å². The van der Waals surface area contributed by atoms with Gasteiger partial charge >= 0.3 is 0 Å². The predicted molar refractivity (Wildman–Crippen MR) is 84.7 cm³/mol. The predicted octanol–water partition coefficient (Wildman–Crippen LogP) is 3.13. The van der Waals surface area contributed by atoms with E-state index in [1.165, 1.54) is 12.8 Å². The molecule has 0 N–H and O–H groups in total. The van der Waals surface area contributed by atoms with Gasteiger partial charge in [-0.3, -0.25) is 9.69 Å². The van der Waals surface area contributed by atoms with E-state index in [0.29, 0.717) is 11.5 Å². The summed E-state index contributed by atoms with van der Waals surface area (Å²) in [5.41, 5.74) is 2.64. The molecule has 22 heavy (non-hydrogen) atoms. The molecular weight excluding hydrogens is 272 g/mol. The average Bonchev–Trinajstić information content (AvgIpc) is 3.33. The van der Waals surface area contributed by atoms with Crippen LogP contribution in [0.2, 0.25) is 0 Å². The van der Waals surface area contributed by atoms with Crippen LogP contribution in [0.1, 0.15) is 54.6 Å². The molecule has 1 saturated heterocycles. The van der Waals surface area contributed by atoms with Gasteiger partial charge in [-0.25, -0.2) is 0 Å². The van der Waals surface area contributed by atoms with Gasteiger partial charge in [0.2, 0.25) is 0 Å². The summed E-state index contributed by atoms with van der Waals surface area (Å²) < 4.78 is 0. The highest BCUT2D eigenvalue weighted by atomic mass is 16.1. The molecule has 1 aromatic rings. The van der Waals surface area contributed by atoms with Gasteiger partial charge in [-0.05, 0) is 66.8 Å². The molecule has 0 aromatic heterocycles. The van der Waals surface area contributed by atoms with Crippen molar-refractivity contribution >= 4 is 5.78 Å². The number of fused-ring (bicyclic) bond motifs is 4. The van der Waals surface area contributed by atoms with E-state index in [1.807, 2.05) is 12.1 Å². The lowest BCUT2D eigenvalue weighted by Gasteiger charge is -2.53. The van der Waals surface area contributed by atoms with E-state index >= 15 is 0 Å². The Labute approximate surface area is 131 Å². The summed E-state index contributed by atoms with van der Waals surface area (Å²) in [4.78, 5) is 15.5. The third kappa shape index (κ3) is 1.87. The average molecular weight is 294 g/mol. The standard InChI is InChI=1S/C19H22N2O/c1-12-17-18(22)15-6-5-14(10-20)9-16(15)19(12,2)7-8-21(17)11-13-3-4-13/h5-6,9,12-13,17H,3-4,7-8,11H2,1-2H3/t12-,17-,19+/m0/s1. The van der Waals surface area contributed by atoms with E-state index < -0.39 is 0 Å². The molecule has 1 heterocycles. The topological polar surface area (TPSA) is 44.1 Å². The summed E-state index contributed by atoms with van der Waals surface area (Å²) in [6, 6.07) is 7.87. The molecule has 3 atom stereocenters. The fourth-order valence-corrected chi connectivity index (χ4v) is 4.48. The molecule has 2 fully saturated rings. The molecule has 3 aliphatic rings. The number of hydrogen-bond acceptors (Lipinski definition) is 3. The van der Waals surface area contributed by atoms with E-state index in [1.54, 1.807) is 6.07 Å². The highest BCUT2D eigenvalue weighted by Gasteiger charge is 2.52. The summed E-state index contributed by atoms with van der Waals surface area (Å²) in [6.45, 7) is 6.60. The third-order valence-electron chi connectivity index (χ3n) is 6.28. The number of carbonyl (C=O) groups is 1. The number of likely N-dealkylation sites (tertiary alicyclic amines) is 1. The van der Waals surface area contributed by atoms with Crippen molar-refractivity contribution in [3.8, 4) is 6.07 Å². The summed E-state index contributed by atoms with van der Waals surface area (Å²) in [7, 11) is 0. The SMILES string of the molecule is C[C@H]1[C@H]2C(=O)c3ccc(C#N)cc3[C@]1(C)CCN2CC1CC1. The van der Waals surface area contributed by atoms with Crippen LogP contribution in [0.5, 0.6) is 0 Å². The number of benzene rings is 1. The molecule has 3 nitrogen and oxygen atoms in total. The molecule has 0 spiro atoms. The first-order valence-corrected chi connectivity index (χ1v) is 8.37. The van der Waals surface area contributed by atoms with Gasteiger partial charge in [0.1, 0.15) is 0 Å². The number of hydrogen-bond donors (Lipinski definition) is 0. The molecule has 3 heteroatoms. The molecule has 0 unspecified atom stereocenters. The number of rotatable bonds is 2. The van der Waals surface area contributed by atoms with Crippen molar-refractivity contribution in [2.24, 2.45) is 11.8 Å². The van der Waals surface area contributed by atoms with E-state index in [4.69, 9.17) is 0 Å². The number of Topliss-reactive ketones (excluding diaryl/α,β-unsaturated/α-hetero) is 1. The van der Waals surface area contributed by atoms with Crippen molar-refractivity contribution in [1.82, 2.24) is 4.90 Å². The quantitative estimate of drug-likeness (QED) is 0.841. The molecular formula is C19H22N2O. The van der Waals surface area contributed by atoms with Gasteiger partial charge < -0.3 is 0 Å². The molecule has 0 amide bonds. The minimum absolute atomic E-state index is 0.0147. The van der Waals surface area contributed by atoms with Crippen LogP contribution in [0, 0.1) is 23.2 Å². The lowest BCUT2D eigenvalue weighted by atomic mass is 9.58. The fraction of sp³-hybridized carbons (Fsp3) is 0.579. The first-order chi connectivity index (χ1) is 10.5. The van der Waals surface area contributed by atoms with Crippen LogP contribution in [-0.4, -0.2) is 29.8 Å². The van der Waals surface area contributed by atoms with Crippen molar-refractivity contribution < 1.29 is 4.79 Å². The van der Waals surface area contributed by atoms with Gasteiger partial charge in [-0.1, -0.05) is 13.8 Å². The minimum Gasteiger partial charge on any atom is -0.293 e. The van der Waals surface area contributed by atoms with Crippen molar-refractivity contribution in [1.29, 1.82) is 5.26 Å². The maximum Gasteiger partial charge on any atom is 0.180 e. The minimum atomic E-state index is 0.0147. The van der Waals surface area contributed by atoms with Crippen LogP contribution < -0.4 is 0 Å². The van der Waals surface area contributed by atoms with Crippen LogP contribution in [0.15, 0.2) is 18.2 Å². The molecule has 1 aromatic carbocycles. The molecule has 114 valence electrons. The number of piperidine rings is 1. The highest BCUT2D eigenvalue weighted by molar-refractivity contribution is 6.03. The van der Waals surface area contributed by atoms with Gasteiger partial charge in [0.05, 0.1) is 17.7 Å². The molecule has 4 rings (SSSR count). The summed E-state index contributed by atoms with van der Waals surface area (Å²) in [5.74, 6) is 1.39. The van der Waals surface area contributed by atoms with Gasteiger partial charge in [0.15, 0.2) is 5.78 Å². The Kier molecular flexibility index (Phi) is 2.96. The van der Waals surface area contributed by atoms with E-state index in [2.05, 4.69) is 24.8 Å². The lowest BCUT2D eigenvalue weighted by Crippen LogP contribution is -2.61. The number of nitriles is 1. The van der Waals surface area contributed by atoms with Crippen LogP contribution in [0.25, 0.3) is 0 Å². The van der Waals surface area contributed by atoms with Gasteiger partial charge in [-0.2, -0.15) is 5.26 Å². The summed E-state index contributed by atoms with van der Waals surface area (Å²) >= 11 is 0. The zero-order valence-corrected chi connectivity index (χ0v) is 13.3. The maximum absolute atomic E-state index is 13.1. The van der Waals surface area contributed by atoms with Gasteiger partial charge in [0.25, 0.3) is 0 Å². The smallest absolute Gasteiger partial charge is 0.180 e. The second-order valence-corrected chi connectivity index (χ2v) is 7.58. The summed E-state index contributed by atoms with van der Waals surface area (Å²) in [6.07, 6.45) is 3.73. The molecule has 1 saturated carbocycles. The monoisotopic (exact) mass is 294 g/mol. The van der Waals surface area contributed by atoms with Gasteiger partial charge in [-0.15, -0.1) is 0 Å². The molecule has 0 radical (unpaired) electrons. The van der Waals surface area contributed by atoms with Crippen LogP contribution in [0.3, 0.4) is 0 Å². The second-order valence-electron chi connectivity index (χ2n) is 7.58. The zero-order valence-electron chi connectivity index (χ0n) is 13.3. The normalized spacial score (nSPS) is 34.1. The Balaban J connectivity index is 1.80. The number of nitrogens with zero attached hydrogens (tertiary/aromatic N) is 2. The molecule has 2 bridgehead atoms. The van der Waals surface area contributed by atoms with Crippen molar-refractivity contribution in [2.75, 3.05) is 13.1 Å². The highest BCUT2D eigenvalue weighted by Crippen LogP contribution is 2.49. The van der Waals surface area contributed by atoms with Crippen LogP contribution >= 0.6 is 0 Å². The Morgan fingerprint density at radius 3 is 2.86 bits per heavy atom. The zero-order chi connectivity index (χ0) is 15.5. The van der Waals surface area contributed by atoms with Crippen LogP contribution in [0.4, 0.5) is 0 Å². The first-order valence-electron chi connectivity index (χ1n) is 8.37. The Morgan fingerprint density at radius 2 is 2.18 bits per heavy atom. The van der Waals surface area contributed by atoms with E-state index in [0.717, 1.165) is 36.6 Å². The lowest BCUT2D eigenvalue weighted by molar-refractivity contribution is 0.0266. The number of carbonyl (C=O) groups excluding carboxylic acids is 1. The van der Waals surface area contributed by atoms with Crippen molar-refractivity contribution in [3.05, 3.63) is 34.9 Å². The molecule has 1 aliphatic heterocycles. The fourth-order valence-electron chi connectivity index (χ4n) is 4.48. The molecule has 2 aliphatic carbocycles. The maximum atomic E-state index is 13.1. The Bertz CT molecular complexity index is 685. The van der Waals surface area contributed by atoms with Crippen LogP contribution in [-0.2, 0) is 5.41 Å². The largest absolute Gasteiger partial charge is 0.293 e. The second kappa shape index (κ2) is 4.67. The number of ketones is 1. The summed E-state index contributed by atoms with van der Waals surface area (Å²) in [5, 5.41) is 9.18. The van der Waals surface area contributed by atoms with E-state index in [-0.39, 0.29) is 17.2 Å². The Hall–Kier alpha value is -1.66. The van der Waals surface area contributed by atoms with Crippen molar-refractivity contribution in [2.45, 2.75) is 44.6 Å². The third-order valence-corrected chi connectivity index (χ3v) is 6.28. The first kappa shape index (κ1) is 14.0. The Morgan fingerprint density at radius 1 is 1.41 bits per heavy atom.